The van der Waals surface area contributed by atoms with Gasteiger partial charge in [-0.2, -0.15) is 0 Å². The van der Waals surface area contributed by atoms with Gasteiger partial charge in [-0.05, 0) is 49.3 Å². The Morgan fingerprint density at radius 2 is 1.95 bits per heavy atom. The maximum absolute atomic E-state index is 12.6. The molecule has 3 rings (SSSR count). The number of nitrogens with one attached hydrogen (secondary N) is 1. The van der Waals surface area contributed by atoms with Gasteiger partial charge in [0, 0.05) is 16.6 Å². The quantitative estimate of drug-likeness (QED) is 0.882. The van der Waals surface area contributed by atoms with E-state index in [2.05, 4.69) is 16.8 Å². The van der Waals surface area contributed by atoms with Crippen LogP contribution in [0.15, 0.2) is 35.7 Å². The lowest BCUT2D eigenvalue weighted by molar-refractivity contribution is 0.206. The monoisotopic (exact) mass is 300 g/mol. The molecule has 1 N–H and O–H groups in total. The number of rotatable bonds is 4. The van der Waals surface area contributed by atoms with Gasteiger partial charge in [0.1, 0.15) is 0 Å². The minimum Gasteiger partial charge on any atom is -0.316 e. The highest BCUT2D eigenvalue weighted by Crippen LogP contribution is 2.30. The van der Waals surface area contributed by atoms with Gasteiger partial charge in [0.05, 0.1) is 6.54 Å². The van der Waals surface area contributed by atoms with Crippen LogP contribution in [-0.4, -0.2) is 17.0 Å². The predicted molar refractivity (Wildman–Crippen MR) is 87.8 cm³/mol. The van der Waals surface area contributed by atoms with Gasteiger partial charge in [0.15, 0.2) is 0 Å². The molecule has 2 amide bonds. The first-order valence-electron chi connectivity index (χ1n) is 7.31. The third-order valence-corrected chi connectivity index (χ3v) is 4.73. The van der Waals surface area contributed by atoms with Crippen LogP contribution in [0.5, 0.6) is 0 Å². The van der Waals surface area contributed by atoms with Gasteiger partial charge >= 0.3 is 6.03 Å². The first kappa shape index (κ1) is 14.1. The molecule has 1 aromatic heterocycles. The number of urea groups is 1. The molecule has 0 spiro atoms. The molecule has 1 aliphatic carbocycles. The molecule has 0 saturated heterocycles. The van der Waals surface area contributed by atoms with E-state index in [1.54, 1.807) is 11.3 Å². The number of amides is 2. The van der Waals surface area contributed by atoms with E-state index in [1.165, 1.54) is 4.88 Å². The van der Waals surface area contributed by atoms with Gasteiger partial charge in [0.25, 0.3) is 0 Å². The highest BCUT2D eigenvalue weighted by Gasteiger charge is 2.33. The topological polar surface area (TPSA) is 32.3 Å². The molecule has 1 aromatic carbocycles. The number of benzene rings is 1. The van der Waals surface area contributed by atoms with Gasteiger partial charge in [-0.15, -0.1) is 11.3 Å². The van der Waals surface area contributed by atoms with Crippen molar-refractivity contribution in [2.45, 2.75) is 39.3 Å². The van der Waals surface area contributed by atoms with Crippen LogP contribution >= 0.6 is 11.3 Å². The lowest BCUT2D eigenvalue weighted by atomic mass is 10.1. The van der Waals surface area contributed by atoms with Crippen LogP contribution < -0.4 is 5.32 Å². The van der Waals surface area contributed by atoms with Crippen molar-refractivity contribution < 1.29 is 4.79 Å². The summed E-state index contributed by atoms with van der Waals surface area (Å²) in [5.74, 6) is 0. The van der Waals surface area contributed by atoms with Crippen LogP contribution in [0.2, 0.25) is 0 Å². The van der Waals surface area contributed by atoms with E-state index in [0.717, 1.165) is 29.7 Å². The number of hydrogen-bond donors (Lipinski definition) is 1. The van der Waals surface area contributed by atoms with E-state index < -0.39 is 0 Å². The highest BCUT2D eigenvalue weighted by molar-refractivity contribution is 7.09. The van der Waals surface area contributed by atoms with Crippen molar-refractivity contribution in [1.82, 2.24) is 4.90 Å². The molecular weight excluding hydrogens is 280 g/mol. The Labute approximate surface area is 129 Å². The average molecular weight is 300 g/mol. The minimum atomic E-state index is 0.0169. The Balaban J connectivity index is 1.75. The lowest BCUT2D eigenvalue weighted by Gasteiger charge is -2.23. The molecule has 0 unspecified atom stereocenters. The first-order valence-corrected chi connectivity index (χ1v) is 8.19. The molecule has 4 heteroatoms. The lowest BCUT2D eigenvalue weighted by Crippen LogP contribution is -2.36. The predicted octanol–water partition coefficient (Wildman–Crippen LogP) is 4.56. The minimum absolute atomic E-state index is 0.0169. The van der Waals surface area contributed by atoms with E-state index in [4.69, 9.17) is 0 Å². The fraction of sp³-hybridized carbons (Fsp3) is 0.353. The largest absolute Gasteiger partial charge is 0.322 e. The Bertz CT molecular complexity index is 612. The van der Waals surface area contributed by atoms with Crippen LogP contribution in [0.1, 0.15) is 28.8 Å². The van der Waals surface area contributed by atoms with Crippen LogP contribution in [0.3, 0.4) is 0 Å². The summed E-state index contributed by atoms with van der Waals surface area (Å²) in [6, 6.07) is 10.6. The molecule has 1 saturated carbocycles. The summed E-state index contributed by atoms with van der Waals surface area (Å²) in [6.07, 6.45) is 2.23. The fourth-order valence-corrected chi connectivity index (χ4v) is 3.22. The van der Waals surface area contributed by atoms with E-state index in [0.29, 0.717) is 12.6 Å². The number of thiophene rings is 1. The third kappa shape index (κ3) is 3.27. The third-order valence-electron chi connectivity index (χ3n) is 3.87. The summed E-state index contributed by atoms with van der Waals surface area (Å²) in [4.78, 5) is 15.8. The Morgan fingerprint density at radius 1 is 1.24 bits per heavy atom. The zero-order valence-electron chi connectivity index (χ0n) is 12.4. The molecule has 1 aliphatic rings. The molecule has 1 fully saturated rings. The zero-order chi connectivity index (χ0) is 14.8. The molecule has 110 valence electrons. The average Bonchev–Trinajstić information content (AvgIpc) is 3.17. The van der Waals surface area contributed by atoms with Crippen molar-refractivity contribution in [3.05, 3.63) is 51.7 Å². The summed E-state index contributed by atoms with van der Waals surface area (Å²) >= 11 is 1.70. The second-order valence-corrected chi connectivity index (χ2v) is 6.67. The van der Waals surface area contributed by atoms with Crippen LogP contribution in [-0.2, 0) is 6.54 Å². The van der Waals surface area contributed by atoms with Crippen molar-refractivity contribution in [3.8, 4) is 0 Å². The van der Waals surface area contributed by atoms with Gasteiger partial charge < -0.3 is 10.2 Å². The van der Waals surface area contributed by atoms with E-state index in [9.17, 15) is 4.79 Å². The molecular formula is C17H20N2OS. The van der Waals surface area contributed by atoms with Gasteiger partial charge in [-0.25, -0.2) is 4.79 Å². The van der Waals surface area contributed by atoms with Crippen molar-refractivity contribution in [1.29, 1.82) is 0 Å². The fourth-order valence-electron chi connectivity index (χ4n) is 2.51. The maximum atomic E-state index is 12.6. The zero-order valence-corrected chi connectivity index (χ0v) is 13.2. The summed E-state index contributed by atoms with van der Waals surface area (Å²) < 4.78 is 0. The summed E-state index contributed by atoms with van der Waals surface area (Å²) in [5, 5.41) is 5.16. The molecule has 0 bridgehead atoms. The van der Waals surface area contributed by atoms with Gasteiger partial charge in [-0.1, -0.05) is 24.3 Å². The molecule has 2 aromatic rings. The highest BCUT2D eigenvalue weighted by atomic mass is 32.1. The molecule has 21 heavy (non-hydrogen) atoms. The van der Waals surface area contributed by atoms with Crippen LogP contribution in [0.25, 0.3) is 0 Å². The normalized spacial score (nSPS) is 14.0. The number of aryl methyl sites for hydroxylation is 2. The number of para-hydroxylation sites is 1. The summed E-state index contributed by atoms with van der Waals surface area (Å²) in [6.45, 7) is 4.77. The number of anilines is 1. The maximum Gasteiger partial charge on any atom is 0.322 e. The number of nitrogens with zero attached hydrogens (tertiary/aromatic N) is 1. The summed E-state index contributed by atoms with van der Waals surface area (Å²) in [5.41, 5.74) is 3.16. The smallest absolute Gasteiger partial charge is 0.316 e. The molecule has 0 aliphatic heterocycles. The Morgan fingerprint density at radius 3 is 2.52 bits per heavy atom. The molecule has 0 atom stereocenters. The van der Waals surface area contributed by atoms with Crippen LogP contribution in [0.4, 0.5) is 10.5 Å². The van der Waals surface area contributed by atoms with Crippen LogP contribution in [0, 0.1) is 13.8 Å². The standard InChI is InChI=1S/C17H20N2OS/c1-12-5-3-6-13(2)16(12)18-17(20)19(14-8-9-14)11-15-7-4-10-21-15/h3-7,10,14H,8-9,11H2,1-2H3,(H,18,20). The second kappa shape index (κ2) is 5.90. The number of carbonyl (C=O) groups is 1. The van der Waals surface area contributed by atoms with Crippen molar-refractivity contribution in [2.24, 2.45) is 0 Å². The van der Waals surface area contributed by atoms with Gasteiger partial charge in [-0.3, -0.25) is 0 Å². The van der Waals surface area contributed by atoms with Crippen molar-refractivity contribution in [2.75, 3.05) is 5.32 Å². The van der Waals surface area contributed by atoms with E-state index in [-0.39, 0.29) is 6.03 Å². The first-order chi connectivity index (χ1) is 10.1. The Kier molecular flexibility index (Phi) is 3.97. The second-order valence-electron chi connectivity index (χ2n) is 5.64. The van der Waals surface area contributed by atoms with E-state index >= 15 is 0 Å². The van der Waals surface area contributed by atoms with Gasteiger partial charge in [0.2, 0.25) is 0 Å². The SMILES string of the molecule is Cc1cccc(C)c1NC(=O)N(Cc1cccs1)C1CC1. The molecule has 3 nitrogen and oxygen atoms in total. The summed E-state index contributed by atoms with van der Waals surface area (Å²) in [7, 11) is 0. The molecule has 1 heterocycles. The number of hydrogen-bond acceptors (Lipinski definition) is 2. The van der Waals surface area contributed by atoms with E-state index in [1.807, 2.05) is 43.0 Å². The Hall–Kier alpha value is -1.81. The van der Waals surface area contributed by atoms with Crippen molar-refractivity contribution in [3.63, 3.8) is 0 Å². The molecule has 0 radical (unpaired) electrons. The number of carbonyl (C=O) groups excluding carboxylic acids is 1. The van der Waals surface area contributed by atoms with Crippen molar-refractivity contribution >= 4 is 23.1 Å².